The van der Waals surface area contributed by atoms with E-state index in [2.05, 4.69) is 5.32 Å². The van der Waals surface area contributed by atoms with E-state index < -0.39 is 0 Å². The van der Waals surface area contributed by atoms with Crippen LogP contribution in [0.1, 0.15) is 65.7 Å². The summed E-state index contributed by atoms with van der Waals surface area (Å²) in [4.78, 5) is 12.5. The maximum Gasteiger partial charge on any atom is 0.221 e. The molecule has 1 unspecified atom stereocenters. The van der Waals surface area contributed by atoms with Crippen molar-refractivity contribution < 1.29 is 4.79 Å². The van der Waals surface area contributed by atoms with E-state index >= 15 is 0 Å². The molecule has 0 radical (unpaired) electrons. The van der Waals surface area contributed by atoms with Gasteiger partial charge in [0, 0.05) is 6.42 Å². The van der Waals surface area contributed by atoms with E-state index in [0.29, 0.717) is 5.41 Å². The van der Waals surface area contributed by atoms with Gasteiger partial charge < -0.3 is 5.32 Å². The summed E-state index contributed by atoms with van der Waals surface area (Å²) in [6.45, 7) is 5.98. The number of halogens is 1. The number of hydrogen-bond donors (Lipinski definition) is 1. The number of rotatable bonds is 4. The Morgan fingerprint density at radius 2 is 1.65 bits per heavy atom. The van der Waals surface area contributed by atoms with Gasteiger partial charge in [0.05, 0.1) is 10.9 Å². The van der Waals surface area contributed by atoms with Gasteiger partial charge in [0.25, 0.3) is 0 Å². The number of carbonyl (C=O) groups excluding carboxylic acids is 1. The van der Waals surface area contributed by atoms with Gasteiger partial charge in [-0.2, -0.15) is 0 Å². The fourth-order valence-corrected chi connectivity index (χ4v) is 5.40. The van der Waals surface area contributed by atoms with Gasteiger partial charge in [0.1, 0.15) is 0 Å². The Labute approximate surface area is 128 Å². The van der Waals surface area contributed by atoms with E-state index in [-0.39, 0.29) is 16.8 Å². The molecule has 4 aliphatic carbocycles. The first-order valence-corrected chi connectivity index (χ1v) is 8.67. The van der Waals surface area contributed by atoms with Crippen molar-refractivity contribution in [3.05, 3.63) is 0 Å². The van der Waals surface area contributed by atoms with Gasteiger partial charge in [-0.15, -0.1) is 11.6 Å². The Balaban J connectivity index is 1.64. The van der Waals surface area contributed by atoms with Crippen LogP contribution in [0.2, 0.25) is 0 Å². The van der Waals surface area contributed by atoms with Crippen molar-refractivity contribution in [2.24, 2.45) is 23.2 Å². The summed E-state index contributed by atoms with van der Waals surface area (Å²) >= 11 is 6.17. The zero-order valence-corrected chi connectivity index (χ0v) is 13.8. The minimum Gasteiger partial charge on any atom is -0.350 e. The minimum atomic E-state index is -0.319. The summed E-state index contributed by atoms with van der Waals surface area (Å²) in [5.74, 6) is 2.95. The third-order valence-electron chi connectivity index (χ3n) is 6.16. The number of nitrogens with one attached hydrogen (secondary N) is 1. The Bertz CT molecular complexity index is 367. The van der Waals surface area contributed by atoms with Gasteiger partial charge in [-0.3, -0.25) is 4.79 Å². The molecule has 0 aromatic rings. The predicted molar refractivity (Wildman–Crippen MR) is 82.8 cm³/mol. The highest BCUT2D eigenvalue weighted by molar-refractivity contribution is 6.21. The van der Waals surface area contributed by atoms with E-state index in [1.165, 1.54) is 38.5 Å². The zero-order valence-electron chi connectivity index (χ0n) is 13.0. The van der Waals surface area contributed by atoms with Crippen LogP contribution in [0.3, 0.4) is 0 Å². The highest BCUT2D eigenvalue weighted by Crippen LogP contribution is 2.61. The molecule has 4 aliphatic rings. The van der Waals surface area contributed by atoms with Gasteiger partial charge >= 0.3 is 0 Å². The van der Waals surface area contributed by atoms with Crippen molar-refractivity contribution in [2.45, 2.75) is 76.6 Å². The molecule has 4 fully saturated rings. The average molecular weight is 298 g/mol. The molecule has 0 spiro atoms. The predicted octanol–water partition coefficient (Wildman–Crippen LogP) is 4.12. The molecule has 1 amide bonds. The molecule has 4 rings (SSSR count). The molecule has 0 saturated heterocycles. The number of alkyl halides is 1. The van der Waals surface area contributed by atoms with Crippen molar-refractivity contribution in [1.82, 2.24) is 5.32 Å². The van der Waals surface area contributed by atoms with Crippen LogP contribution in [0, 0.1) is 23.2 Å². The highest BCUT2D eigenvalue weighted by atomic mass is 35.5. The number of carbonyl (C=O) groups is 1. The van der Waals surface area contributed by atoms with Gasteiger partial charge in [-0.1, -0.05) is 0 Å². The van der Waals surface area contributed by atoms with Crippen LogP contribution in [0.4, 0.5) is 0 Å². The van der Waals surface area contributed by atoms with Crippen LogP contribution in [0.15, 0.2) is 0 Å². The molecule has 0 heterocycles. The SMILES string of the molecule is CC(Cl)C(C)(C)NC(=O)CC12CC3CC(CC(C3)C1)C2. The van der Waals surface area contributed by atoms with E-state index in [9.17, 15) is 4.79 Å². The van der Waals surface area contributed by atoms with Gasteiger partial charge in [-0.25, -0.2) is 0 Å². The second-order valence-electron chi connectivity index (χ2n) is 8.48. The van der Waals surface area contributed by atoms with Crippen LogP contribution >= 0.6 is 11.6 Å². The maximum absolute atomic E-state index is 12.5. The van der Waals surface area contributed by atoms with Gasteiger partial charge in [0.2, 0.25) is 5.91 Å². The van der Waals surface area contributed by atoms with Crippen LogP contribution in [0.5, 0.6) is 0 Å². The van der Waals surface area contributed by atoms with E-state index in [4.69, 9.17) is 11.6 Å². The summed E-state index contributed by atoms with van der Waals surface area (Å²) in [5, 5.41) is 3.11. The third kappa shape index (κ3) is 2.73. The summed E-state index contributed by atoms with van der Waals surface area (Å²) in [5.41, 5.74) is 0.00535. The average Bonchev–Trinajstić information content (AvgIpc) is 2.24. The largest absolute Gasteiger partial charge is 0.350 e. The topological polar surface area (TPSA) is 29.1 Å². The minimum absolute atomic E-state index is 0.0530. The zero-order chi connectivity index (χ0) is 14.5. The highest BCUT2D eigenvalue weighted by Gasteiger charge is 2.51. The first-order valence-electron chi connectivity index (χ1n) is 8.23. The molecule has 20 heavy (non-hydrogen) atoms. The molecule has 0 aromatic carbocycles. The molecular weight excluding hydrogens is 270 g/mol. The van der Waals surface area contributed by atoms with E-state index in [0.717, 1.165) is 24.2 Å². The summed E-state index contributed by atoms with van der Waals surface area (Å²) in [7, 11) is 0. The monoisotopic (exact) mass is 297 g/mol. The number of amides is 1. The summed E-state index contributed by atoms with van der Waals surface area (Å²) in [6.07, 6.45) is 8.92. The summed E-state index contributed by atoms with van der Waals surface area (Å²) < 4.78 is 0. The molecule has 2 nitrogen and oxygen atoms in total. The molecule has 4 bridgehead atoms. The lowest BCUT2D eigenvalue weighted by atomic mass is 9.49. The lowest BCUT2D eigenvalue weighted by molar-refractivity contribution is -0.131. The Morgan fingerprint density at radius 3 is 2.05 bits per heavy atom. The van der Waals surface area contributed by atoms with Crippen LogP contribution in [0.25, 0.3) is 0 Å². The van der Waals surface area contributed by atoms with Crippen LogP contribution in [-0.4, -0.2) is 16.8 Å². The van der Waals surface area contributed by atoms with Crippen molar-refractivity contribution in [3.8, 4) is 0 Å². The molecule has 0 aromatic heterocycles. The van der Waals surface area contributed by atoms with Gasteiger partial charge in [0.15, 0.2) is 0 Å². The van der Waals surface area contributed by atoms with Gasteiger partial charge in [-0.05, 0) is 82.5 Å². The molecule has 1 N–H and O–H groups in total. The second kappa shape index (κ2) is 4.90. The first kappa shape index (κ1) is 14.7. The lowest BCUT2D eigenvalue weighted by Gasteiger charge is -2.56. The smallest absolute Gasteiger partial charge is 0.221 e. The normalized spacial score (nSPS) is 40.7. The van der Waals surface area contributed by atoms with E-state index in [1.807, 2.05) is 20.8 Å². The molecule has 114 valence electrons. The van der Waals surface area contributed by atoms with Crippen molar-refractivity contribution >= 4 is 17.5 Å². The molecule has 3 heteroatoms. The standard InChI is InChI=1S/C17H28ClNO/c1-11(18)16(2,3)19-15(20)10-17-7-12-4-13(8-17)6-14(5-12)9-17/h11-14H,4-10H2,1-3H3,(H,19,20). The third-order valence-corrected chi connectivity index (χ3v) is 6.70. The lowest BCUT2D eigenvalue weighted by Crippen LogP contribution is -2.52. The molecular formula is C17H28ClNO. The quantitative estimate of drug-likeness (QED) is 0.777. The fourth-order valence-electron chi connectivity index (χ4n) is 5.35. The summed E-state index contributed by atoms with van der Waals surface area (Å²) in [6, 6.07) is 0. The van der Waals surface area contributed by atoms with Crippen molar-refractivity contribution in [3.63, 3.8) is 0 Å². The maximum atomic E-state index is 12.5. The van der Waals surface area contributed by atoms with Crippen molar-refractivity contribution in [1.29, 1.82) is 0 Å². The van der Waals surface area contributed by atoms with E-state index in [1.54, 1.807) is 0 Å². The van der Waals surface area contributed by atoms with Crippen LogP contribution in [-0.2, 0) is 4.79 Å². The molecule has 1 atom stereocenters. The van der Waals surface area contributed by atoms with Crippen LogP contribution < -0.4 is 5.32 Å². The first-order chi connectivity index (χ1) is 9.28. The Kier molecular flexibility index (Phi) is 3.60. The van der Waals surface area contributed by atoms with Crippen molar-refractivity contribution in [2.75, 3.05) is 0 Å². The fraction of sp³-hybridized carbons (Fsp3) is 0.941. The Morgan fingerprint density at radius 1 is 1.20 bits per heavy atom. The molecule has 4 saturated carbocycles. The Hall–Kier alpha value is -0.240. The second-order valence-corrected chi connectivity index (χ2v) is 9.13. The number of hydrogen-bond acceptors (Lipinski definition) is 1. The molecule has 0 aliphatic heterocycles.